The van der Waals surface area contributed by atoms with Gasteiger partial charge in [0.15, 0.2) is 0 Å². The summed E-state index contributed by atoms with van der Waals surface area (Å²) in [5.41, 5.74) is 0.273. The maximum absolute atomic E-state index is 12.9. The molecule has 2 aliphatic rings. The third-order valence-electron chi connectivity index (χ3n) is 5.19. The molecule has 3 rings (SSSR count). The van der Waals surface area contributed by atoms with Gasteiger partial charge in [-0.2, -0.15) is 11.3 Å². The second kappa shape index (κ2) is 7.26. The first-order chi connectivity index (χ1) is 12.3. The van der Waals surface area contributed by atoms with Gasteiger partial charge in [0.2, 0.25) is 5.91 Å². The van der Waals surface area contributed by atoms with Crippen LogP contribution in [0, 0.1) is 5.41 Å². The van der Waals surface area contributed by atoms with Crippen LogP contribution in [0.25, 0.3) is 0 Å². The highest BCUT2D eigenvalue weighted by molar-refractivity contribution is 7.08. The molecule has 1 aromatic heterocycles. The van der Waals surface area contributed by atoms with Crippen molar-refractivity contribution in [2.24, 2.45) is 5.41 Å². The van der Waals surface area contributed by atoms with Crippen LogP contribution < -0.4 is 0 Å². The van der Waals surface area contributed by atoms with Crippen molar-refractivity contribution < 1.29 is 14.4 Å². The average molecular weight is 378 g/mol. The van der Waals surface area contributed by atoms with E-state index < -0.39 is 5.41 Å². The summed E-state index contributed by atoms with van der Waals surface area (Å²) in [6.45, 7) is 5.17. The van der Waals surface area contributed by atoms with E-state index in [1.807, 2.05) is 33.6 Å². The van der Waals surface area contributed by atoms with E-state index >= 15 is 0 Å². The van der Waals surface area contributed by atoms with Crippen molar-refractivity contribution in [1.29, 1.82) is 0 Å². The topological polar surface area (TPSA) is 64.2 Å². The Morgan fingerprint density at radius 3 is 2.46 bits per heavy atom. The molecule has 8 heteroatoms. The number of nitrogens with zero attached hydrogens (tertiary/aromatic N) is 4. The van der Waals surface area contributed by atoms with E-state index in [9.17, 15) is 14.4 Å². The largest absolute Gasteiger partial charge is 0.342 e. The molecule has 7 nitrogen and oxygen atoms in total. The Balaban J connectivity index is 1.88. The van der Waals surface area contributed by atoms with Crippen molar-refractivity contribution in [2.45, 2.75) is 13.3 Å². The standard InChI is InChI=1S/C18H26N4O3S/c1-4-20-11-18(9-15(20)23)12-21(16(24)14-5-8-26-10-14)6-7-22(13-18)17(25)19(2)3/h5,8,10H,4,6-7,9,11-13H2,1-3H3/t18-/m1/s1. The lowest BCUT2D eigenvalue weighted by molar-refractivity contribution is -0.127. The van der Waals surface area contributed by atoms with E-state index in [1.54, 1.807) is 23.9 Å². The molecule has 2 saturated heterocycles. The highest BCUT2D eigenvalue weighted by Gasteiger charge is 2.47. The number of likely N-dealkylation sites (tertiary alicyclic amines) is 1. The van der Waals surface area contributed by atoms with E-state index in [4.69, 9.17) is 0 Å². The molecule has 1 spiro atoms. The number of rotatable bonds is 2. The lowest BCUT2D eigenvalue weighted by Crippen LogP contribution is -2.47. The quantitative estimate of drug-likeness (QED) is 0.782. The van der Waals surface area contributed by atoms with Crippen LogP contribution in [0.3, 0.4) is 0 Å². The monoisotopic (exact) mass is 378 g/mol. The van der Waals surface area contributed by atoms with Gasteiger partial charge in [-0.3, -0.25) is 9.59 Å². The maximum atomic E-state index is 12.9. The summed E-state index contributed by atoms with van der Waals surface area (Å²) in [6.07, 6.45) is 0.380. The fraction of sp³-hybridized carbons (Fsp3) is 0.611. The van der Waals surface area contributed by atoms with Gasteiger partial charge in [0, 0.05) is 70.6 Å². The first-order valence-corrected chi connectivity index (χ1v) is 9.85. The van der Waals surface area contributed by atoms with Gasteiger partial charge in [-0.05, 0) is 18.4 Å². The third-order valence-corrected chi connectivity index (χ3v) is 5.87. The van der Waals surface area contributed by atoms with E-state index in [-0.39, 0.29) is 17.8 Å². The minimum Gasteiger partial charge on any atom is -0.342 e. The third kappa shape index (κ3) is 3.56. The van der Waals surface area contributed by atoms with Gasteiger partial charge in [-0.15, -0.1) is 0 Å². The molecule has 26 heavy (non-hydrogen) atoms. The molecule has 1 atom stereocenters. The molecule has 0 saturated carbocycles. The number of carbonyl (C=O) groups is 3. The smallest absolute Gasteiger partial charge is 0.319 e. The van der Waals surface area contributed by atoms with Crippen molar-refractivity contribution >= 4 is 29.2 Å². The van der Waals surface area contributed by atoms with Gasteiger partial charge in [0.1, 0.15) is 0 Å². The van der Waals surface area contributed by atoms with E-state index in [0.29, 0.717) is 51.3 Å². The van der Waals surface area contributed by atoms with Gasteiger partial charge < -0.3 is 19.6 Å². The van der Waals surface area contributed by atoms with Gasteiger partial charge in [0.05, 0.1) is 5.56 Å². The van der Waals surface area contributed by atoms with Crippen molar-refractivity contribution in [3.63, 3.8) is 0 Å². The van der Waals surface area contributed by atoms with Gasteiger partial charge >= 0.3 is 6.03 Å². The van der Waals surface area contributed by atoms with E-state index in [2.05, 4.69) is 0 Å². The Morgan fingerprint density at radius 2 is 1.88 bits per heavy atom. The fourth-order valence-corrected chi connectivity index (χ4v) is 4.56. The summed E-state index contributed by atoms with van der Waals surface area (Å²) in [6, 6.07) is 1.75. The van der Waals surface area contributed by atoms with Crippen LogP contribution in [0.5, 0.6) is 0 Å². The highest BCUT2D eigenvalue weighted by Crippen LogP contribution is 2.35. The summed E-state index contributed by atoms with van der Waals surface area (Å²) in [5, 5.41) is 3.74. The molecule has 1 aromatic rings. The molecule has 142 valence electrons. The average Bonchev–Trinajstić information content (AvgIpc) is 3.19. The molecule has 0 aliphatic carbocycles. The Kier molecular flexibility index (Phi) is 5.22. The Morgan fingerprint density at radius 1 is 1.19 bits per heavy atom. The molecule has 0 radical (unpaired) electrons. The number of hydrogen-bond acceptors (Lipinski definition) is 4. The van der Waals surface area contributed by atoms with Crippen molar-refractivity contribution in [3.05, 3.63) is 22.4 Å². The lowest BCUT2D eigenvalue weighted by Gasteiger charge is -2.34. The van der Waals surface area contributed by atoms with Crippen LogP contribution in [0.2, 0.25) is 0 Å². The van der Waals surface area contributed by atoms with Gasteiger partial charge in [-0.25, -0.2) is 4.79 Å². The molecule has 0 N–H and O–H groups in total. The number of carbonyl (C=O) groups excluding carboxylic acids is 3. The second-order valence-corrected chi connectivity index (χ2v) is 8.20. The zero-order valence-electron chi connectivity index (χ0n) is 15.6. The summed E-state index contributed by atoms with van der Waals surface area (Å²) < 4.78 is 0. The summed E-state index contributed by atoms with van der Waals surface area (Å²) in [7, 11) is 3.46. The molecule has 4 amide bonds. The molecule has 2 fully saturated rings. The van der Waals surface area contributed by atoms with E-state index in [0.717, 1.165) is 0 Å². The van der Waals surface area contributed by atoms with Crippen LogP contribution in [0.1, 0.15) is 23.7 Å². The predicted octanol–water partition coefficient (Wildman–Crippen LogP) is 1.43. The second-order valence-electron chi connectivity index (χ2n) is 7.42. The predicted molar refractivity (Wildman–Crippen MR) is 100 cm³/mol. The van der Waals surface area contributed by atoms with Crippen LogP contribution in [-0.4, -0.2) is 90.8 Å². The molecule has 3 heterocycles. The Bertz CT molecular complexity index is 691. The SMILES string of the molecule is CCN1C[C@]2(CC1=O)CN(C(=O)c1ccsc1)CCN(C(=O)N(C)C)C2. The van der Waals surface area contributed by atoms with Crippen LogP contribution in [-0.2, 0) is 4.79 Å². The molecule has 0 bridgehead atoms. The first kappa shape index (κ1) is 18.7. The number of thiophene rings is 1. The number of amides is 4. The highest BCUT2D eigenvalue weighted by atomic mass is 32.1. The Hall–Kier alpha value is -2.09. The van der Waals surface area contributed by atoms with Crippen LogP contribution >= 0.6 is 11.3 Å². The van der Waals surface area contributed by atoms with Crippen molar-refractivity contribution in [1.82, 2.24) is 19.6 Å². The molecule has 2 aliphatic heterocycles. The van der Waals surface area contributed by atoms with Gasteiger partial charge in [0.25, 0.3) is 5.91 Å². The summed E-state index contributed by atoms with van der Waals surface area (Å²) in [5.74, 6) is 0.0850. The normalized spacial score (nSPS) is 23.5. The summed E-state index contributed by atoms with van der Waals surface area (Å²) in [4.78, 5) is 44.9. The van der Waals surface area contributed by atoms with E-state index in [1.165, 1.54) is 11.3 Å². The van der Waals surface area contributed by atoms with Crippen LogP contribution in [0.15, 0.2) is 16.8 Å². The van der Waals surface area contributed by atoms with Crippen molar-refractivity contribution in [3.8, 4) is 0 Å². The molecular weight excluding hydrogens is 352 g/mol. The first-order valence-electron chi connectivity index (χ1n) is 8.91. The van der Waals surface area contributed by atoms with Gasteiger partial charge in [-0.1, -0.05) is 0 Å². The zero-order valence-corrected chi connectivity index (χ0v) is 16.4. The minimum atomic E-state index is -0.402. The molecule has 0 unspecified atom stereocenters. The zero-order chi connectivity index (χ0) is 18.9. The maximum Gasteiger partial charge on any atom is 0.319 e. The lowest BCUT2D eigenvalue weighted by atomic mass is 9.86. The summed E-state index contributed by atoms with van der Waals surface area (Å²) >= 11 is 1.49. The minimum absolute atomic E-state index is 0.0211. The molecule has 0 aromatic carbocycles. The fourth-order valence-electron chi connectivity index (χ4n) is 3.93. The molecular formula is C18H26N4O3S. The Labute approximate surface area is 158 Å². The number of urea groups is 1. The van der Waals surface area contributed by atoms with Crippen molar-refractivity contribution in [2.75, 3.05) is 53.4 Å². The van der Waals surface area contributed by atoms with Crippen LogP contribution in [0.4, 0.5) is 4.79 Å². The number of hydrogen-bond donors (Lipinski definition) is 0.